The Labute approximate surface area is 163 Å². The van der Waals surface area contributed by atoms with E-state index in [1.165, 1.54) is 64.2 Å². The number of terminal acetylenes is 1. The first-order valence-electron chi connectivity index (χ1n) is 11.0. The van der Waals surface area contributed by atoms with Crippen LogP contribution in [0.2, 0.25) is 0 Å². The van der Waals surface area contributed by atoms with E-state index in [4.69, 9.17) is 15.5 Å². The summed E-state index contributed by atoms with van der Waals surface area (Å²) < 4.78 is 23.8. The second kappa shape index (κ2) is 18.1. The Morgan fingerprint density at radius 2 is 1.27 bits per heavy atom. The van der Waals surface area contributed by atoms with E-state index in [9.17, 15) is 4.57 Å². The zero-order chi connectivity index (χ0) is 19.5. The van der Waals surface area contributed by atoms with Gasteiger partial charge in [0.1, 0.15) is 6.10 Å². The summed E-state index contributed by atoms with van der Waals surface area (Å²) in [5, 5.41) is 0. The van der Waals surface area contributed by atoms with Crippen molar-refractivity contribution in [3.05, 3.63) is 0 Å². The molecular formula is C22H43O3P. The lowest BCUT2D eigenvalue weighted by molar-refractivity contribution is 0.183. The molecule has 0 saturated heterocycles. The van der Waals surface area contributed by atoms with E-state index in [-0.39, 0.29) is 0 Å². The molecule has 2 atom stereocenters. The van der Waals surface area contributed by atoms with Gasteiger partial charge in [-0.2, -0.15) is 0 Å². The Kier molecular flexibility index (Phi) is 17.9. The van der Waals surface area contributed by atoms with Gasteiger partial charge in [-0.15, -0.1) is 6.42 Å². The number of rotatable bonds is 19. The molecule has 0 aliphatic carbocycles. The van der Waals surface area contributed by atoms with E-state index in [2.05, 4.69) is 19.8 Å². The fraction of sp³-hybridized carbons (Fsp3) is 0.909. The molecule has 0 aliphatic rings. The predicted molar refractivity (Wildman–Crippen MR) is 114 cm³/mol. The quantitative estimate of drug-likeness (QED) is 0.129. The molecule has 0 bridgehead atoms. The maximum Gasteiger partial charge on any atom is 0.331 e. The molecule has 0 spiro atoms. The van der Waals surface area contributed by atoms with Crippen molar-refractivity contribution < 1.29 is 13.6 Å². The molecule has 0 aromatic carbocycles. The van der Waals surface area contributed by atoms with E-state index < -0.39 is 13.7 Å². The third-order valence-corrected chi connectivity index (χ3v) is 6.70. The third kappa shape index (κ3) is 15.9. The van der Waals surface area contributed by atoms with Crippen LogP contribution in [0.1, 0.15) is 111 Å². The highest BCUT2D eigenvalue weighted by molar-refractivity contribution is 7.53. The van der Waals surface area contributed by atoms with Crippen LogP contribution in [0.15, 0.2) is 0 Å². The molecule has 0 saturated carbocycles. The van der Waals surface area contributed by atoms with Crippen LogP contribution < -0.4 is 0 Å². The molecular weight excluding hydrogens is 343 g/mol. The first kappa shape index (κ1) is 25.7. The second-order valence-electron chi connectivity index (χ2n) is 7.32. The summed E-state index contributed by atoms with van der Waals surface area (Å²) in [7, 11) is -3.03. The minimum absolute atomic E-state index is 0.459. The van der Waals surface area contributed by atoms with Crippen LogP contribution >= 0.6 is 7.60 Å². The smallest absolute Gasteiger partial charge is 0.309 e. The van der Waals surface area contributed by atoms with Gasteiger partial charge in [-0.05, 0) is 19.8 Å². The van der Waals surface area contributed by atoms with Gasteiger partial charge in [0.2, 0.25) is 0 Å². The van der Waals surface area contributed by atoms with Gasteiger partial charge in [0.15, 0.2) is 0 Å². The molecule has 0 aromatic rings. The summed E-state index contributed by atoms with van der Waals surface area (Å²) in [5.74, 6) is 2.47. The molecule has 0 rings (SSSR count). The van der Waals surface area contributed by atoms with Gasteiger partial charge < -0.3 is 4.52 Å². The lowest BCUT2D eigenvalue weighted by Gasteiger charge is -2.20. The van der Waals surface area contributed by atoms with Crippen LogP contribution in [0.25, 0.3) is 0 Å². The monoisotopic (exact) mass is 386 g/mol. The Balaban J connectivity index is 3.63. The summed E-state index contributed by atoms with van der Waals surface area (Å²) >= 11 is 0. The maximum absolute atomic E-state index is 12.7. The van der Waals surface area contributed by atoms with Gasteiger partial charge in [-0.25, -0.2) is 0 Å². The van der Waals surface area contributed by atoms with Crippen LogP contribution in [0.4, 0.5) is 0 Å². The first-order valence-corrected chi connectivity index (χ1v) is 12.7. The topological polar surface area (TPSA) is 35.5 Å². The molecule has 2 unspecified atom stereocenters. The highest BCUT2D eigenvalue weighted by atomic mass is 31.2. The van der Waals surface area contributed by atoms with Crippen molar-refractivity contribution in [1.29, 1.82) is 0 Å². The van der Waals surface area contributed by atoms with E-state index >= 15 is 0 Å². The normalized spacial score (nSPS) is 14.7. The predicted octanol–water partition coefficient (Wildman–Crippen LogP) is 7.74. The fourth-order valence-electron chi connectivity index (χ4n) is 2.92. The van der Waals surface area contributed by atoms with Crippen LogP contribution in [0, 0.1) is 12.3 Å². The lowest BCUT2D eigenvalue weighted by Crippen LogP contribution is -2.08. The van der Waals surface area contributed by atoms with Crippen molar-refractivity contribution in [2.45, 2.75) is 117 Å². The second-order valence-corrected chi connectivity index (χ2v) is 9.46. The van der Waals surface area contributed by atoms with Crippen LogP contribution in [0.3, 0.4) is 0 Å². The van der Waals surface area contributed by atoms with Gasteiger partial charge in [-0.3, -0.25) is 9.09 Å². The number of unbranched alkanes of at least 4 members (excludes halogenated alkanes) is 12. The van der Waals surface area contributed by atoms with E-state index in [1.54, 1.807) is 6.92 Å². The number of hydrogen-bond acceptors (Lipinski definition) is 3. The van der Waals surface area contributed by atoms with Crippen molar-refractivity contribution in [3.8, 4) is 12.3 Å². The van der Waals surface area contributed by atoms with Gasteiger partial charge in [-0.1, -0.05) is 96.8 Å². The molecule has 3 nitrogen and oxygen atoms in total. The van der Waals surface area contributed by atoms with E-state index in [1.807, 2.05) is 0 Å². The number of hydrogen-bond donors (Lipinski definition) is 0. The molecule has 0 radical (unpaired) electrons. The molecule has 4 heteroatoms. The Morgan fingerprint density at radius 3 is 1.73 bits per heavy atom. The van der Waals surface area contributed by atoms with Crippen molar-refractivity contribution in [2.75, 3.05) is 12.8 Å². The maximum atomic E-state index is 12.7. The summed E-state index contributed by atoms with van der Waals surface area (Å²) in [6.07, 6.45) is 22.8. The lowest BCUT2D eigenvalue weighted by atomic mass is 10.1. The van der Waals surface area contributed by atoms with Crippen molar-refractivity contribution >= 4 is 7.60 Å². The largest absolute Gasteiger partial charge is 0.331 e. The molecule has 0 heterocycles. The van der Waals surface area contributed by atoms with Crippen molar-refractivity contribution in [2.24, 2.45) is 0 Å². The van der Waals surface area contributed by atoms with Crippen molar-refractivity contribution in [3.63, 3.8) is 0 Å². The Hall–Kier alpha value is -0.290. The van der Waals surface area contributed by atoms with Crippen molar-refractivity contribution in [1.82, 2.24) is 0 Å². The molecule has 26 heavy (non-hydrogen) atoms. The molecule has 154 valence electrons. The zero-order valence-electron chi connectivity index (χ0n) is 17.6. The zero-order valence-corrected chi connectivity index (χ0v) is 18.5. The fourth-order valence-corrected chi connectivity index (χ4v) is 4.87. The molecule has 0 N–H and O–H groups in total. The van der Waals surface area contributed by atoms with E-state index in [0.29, 0.717) is 12.8 Å². The van der Waals surface area contributed by atoms with Gasteiger partial charge in [0, 0.05) is 0 Å². The third-order valence-electron chi connectivity index (χ3n) is 4.62. The highest BCUT2D eigenvalue weighted by Gasteiger charge is 2.25. The Bertz CT molecular complexity index is 389. The minimum Gasteiger partial charge on any atom is -0.309 e. The molecule has 0 aliphatic heterocycles. The molecule has 0 amide bonds. The van der Waals surface area contributed by atoms with Crippen LogP contribution in [0.5, 0.6) is 0 Å². The highest BCUT2D eigenvalue weighted by Crippen LogP contribution is 2.50. The van der Waals surface area contributed by atoms with Crippen LogP contribution in [-0.4, -0.2) is 18.9 Å². The molecule has 0 fully saturated rings. The average Bonchev–Trinajstić information content (AvgIpc) is 2.63. The SMILES string of the molecule is C#CC(C)OP(=O)(CCCC)OCCCCCCCCCCCCCC. The van der Waals surface area contributed by atoms with Gasteiger partial charge in [0.05, 0.1) is 12.8 Å². The van der Waals surface area contributed by atoms with Gasteiger partial charge in [0.25, 0.3) is 0 Å². The van der Waals surface area contributed by atoms with E-state index in [0.717, 1.165) is 25.7 Å². The molecule has 0 aromatic heterocycles. The summed E-state index contributed by atoms with van der Waals surface area (Å²) in [4.78, 5) is 0. The first-order chi connectivity index (χ1) is 12.6. The average molecular weight is 387 g/mol. The van der Waals surface area contributed by atoms with Crippen LogP contribution in [-0.2, 0) is 13.6 Å². The Morgan fingerprint density at radius 1 is 0.808 bits per heavy atom. The van der Waals surface area contributed by atoms with Gasteiger partial charge >= 0.3 is 7.60 Å². The summed E-state index contributed by atoms with van der Waals surface area (Å²) in [5.41, 5.74) is 0. The summed E-state index contributed by atoms with van der Waals surface area (Å²) in [6, 6.07) is 0. The minimum atomic E-state index is -3.03. The standard InChI is InChI=1S/C22H43O3P/c1-5-8-10-11-12-13-14-15-16-17-18-19-20-24-26(23,21-9-6-2)25-22(4)7-3/h3,22H,5-6,8-21H2,1-2,4H3. The summed E-state index contributed by atoms with van der Waals surface area (Å²) in [6.45, 7) is 6.58.